The molecule has 0 fully saturated rings. The SMILES string of the molecule is CCNC(=O)/C(C#N)=C(\N)c1cc(OC)c(OC)c([N+](=O)[O-])c1. The number of carbonyl (C=O) groups is 1. The molecule has 0 unspecified atom stereocenters. The van der Waals surface area contributed by atoms with Crippen LogP contribution in [0.15, 0.2) is 17.7 Å². The summed E-state index contributed by atoms with van der Waals surface area (Å²) in [6.07, 6.45) is 0. The molecule has 0 spiro atoms. The highest BCUT2D eigenvalue weighted by atomic mass is 16.6. The van der Waals surface area contributed by atoms with Gasteiger partial charge in [0.2, 0.25) is 5.75 Å². The van der Waals surface area contributed by atoms with Crippen LogP contribution in [0.3, 0.4) is 0 Å². The summed E-state index contributed by atoms with van der Waals surface area (Å²) in [6.45, 7) is 1.99. The van der Waals surface area contributed by atoms with Crippen LogP contribution in [0, 0.1) is 21.4 Å². The third-order valence-electron chi connectivity index (χ3n) is 2.91. The highest BCUT2D eigenvalue weighted by Gasteiger charge is 2.24. The topological polar surface area (TPSA) is 141 Å². The van der Waals surface area contributed by atoms with Gasteiger partial charge in [0.05, 0.1) is 24.8 Å². The van der Waals surface area contributed by atoms with E-state index in [1.165, 1.54) is 20.3 Å². The van der Waals surface area contributed by atoms with Gasteiger partial charge in [-0.1, -0.05) is 0 Å². The van der Waals surface area contributed by atoms with Crippen molar-refractivity contribution in [2.45, 2.75) is 6.92 Å². The number of likely N-dealkylation sites (N-methyl/N-ethyl adjacent to an activating group) is 1. The Bertz CT molecular complexity index is 706. The quantitative estimate of drug-likeness (QED) is 0.344. The Labute approximate surface area is 132 Å². The number of hydrogen-bond acceptors (Lipinski definition) is 7. The third kappa shape index (κ3) is 3.68. The van der Waals surface area contributed by atoms with Crippen molar-refractivity contribution < 1.29 is 19.2 Å². The Morgan fingerprint density at radius 1 is 1.43 bits per heavy atom. The van der Waals surface area contributed by atoms with Crippen LogP contribution in [0.1, 0.15) is 12.5 Å². The summed E-state index contributed by atoms with van der Waals surface area (Å²) in [5, 5.41) is 22.7. The number of carbonyl (C=O) groups excluding carboxylic acids is 1. The lowest BCUT2D eigenvalue weighted by Crippen LogP contribution is -2.25. The van der Waals surface area contributed by atoms with Gasteiger partial charge in [0.1, 0.15) is 11.6 Å². The second-order valence-electron chi connectivity index (χ2n) is 4.25. The van der Waals surface area contributed by atoms with Crippen LogP contribution in [0.4, 0.5) is 5.69 Å². The van der Waals surface area contributed by atoms with Gasteiger partial charge in [-0.15, -0.1) is 0 Å². The molecule has 1 aromatic carbocycles. The molecule has 3 N–H and O–H groups in total. The Hall–Kier alpha value is -3.28. The zero-order valence-corrected chi connectivity index (χ0v) is 12.9. The molecule has 122 valence electrons. The summed E-state index contributed by atoms with van der Waals surface area (Å²) >= 11 is 0. The van der Waals surface area contributed by atoms with E-state index < -0.39 is 16.5 Å². The maximum Gasteiger partial charge on any atom is 0.315 e. The lowest BCUT2D eigenvalue weighted by atomic mass is 10.0. The van der Waals surface area contributed by atoms with Gasteiger partial charge in [0.25, 0.3) is 5.91 Å². The second kappa shape index (κ2) is 7.65. The number of nitriles is 1. The van der Waals surface area contributed by atoms with Gasteiger partial charge >= 0.3 is 5.69 Å². The average Bonchev–Trinajstić information content (AvgIpc) is 2.54. The summed E-state index contributed by atoms with van der Waals surface area (Å²) in [5.41, 5.74) is 5.03. The third-order valence-corrected chi connectivity index (χ3v) is 2.91. The molecule has 0 radical (unpaired) electrons. The Balaban J connectivity index is 3.59. The first kappa shape index (κ1) is 17.8. The summed E-state index contributed by atoms with van der Waals surface area (Å²) in [6, 6.07) is 4.18. The van der Waals surface area contributed by atoms with E-state index in [4.69, 9.17) is 20.5 Å². The summed E-state index contributed by atoms with van der Waals surface area (Å²) in [4.78, 5) is 22.3. The van der Waals surface area contributed by atoms with Crippen molar-refractivity contribution in [2.24, 2.45) is 5.73 Å². The normalized spacial score (nSPS) is 11.0. The molecule has 9 heteroatoms. The van der Waals surface area contributed by atoms with Crippen molar-refractivity contribution in [3.05, 3.63) is 33.4 Å². The van der Waals surface area contributed by atoms with Crippen molar-refractivity contribution in [3.8, 4) is 17.6 Å². The molecule has 0 heterocycles. The summed E-state index contributed by atoms with van der Waals surface area (Å²) < 4.78 is 10.0. The second-order valence-corrected chi connectivity index (χ2v) is 4.25. The molecule has 0 aromatic heterocycles. The number of hydrogen-bond donors (Lipinski definition) is 2. The Morgan fingerprint density at radius 2 is 2.09 bits per heavy atom. The lowest BCUT2D eigenvalue weighted by molar-refractivity contribution is -0.385. The first-order chi connectivity index (χ1) is 10.9. The Morgan fingerprint density at radius 3 is 2.52 bits per heavy atom. The highest BCUT2D eigenvalue weighted by Crippen LogP contribution is 2.39. The number of benzene rings is 1. The van der Waals surface area contributed by atoms with Crippen LogP contribution >= 0.6 is 0 Å². The van der Waals surface area contributed by atoms with E-state index in [0.29, 0.717) is 6.54 Å². The summed E-state index contributed by atoms with van der Waals surface area (Å²) in [5.74, 6) is -0.677. The molecule has 0 atom stereocenters. The number of rotatable bonds is 6. The molecule has 0 saturated carbocycles. The number of nitro benzene ring substituents is 1. The molecular formula is C14H16N4O5. The van der Waals surface area contributed by atoms with Crippen molar-refractivity contribution in [2.75, 3.05) is 20.8 Å². The van der Waals surface area contributed by atoms with Gasteiger partial charge in [0.15, 0.2) is 5.75 Å². The molecule has 23 heavy (non-hydrogen) atoms. The number of amides is 1. The number of methoxy groups -OCH3 is 2. The fraction of sp³-hybridized carbons (Fsp3) is 0.286. The van der Waals surface area contributed by atoms with Gasteiger partial charge in [0, 0.05) is 18.2 Å². The fourth-order valence-corrected chi connectivity index (χ4v) is 1.86. The van der Waals surface area contributed by atoms with Crippen LogP contribution in [-0.2, 0) is 4.79 Å². The first-order valence-corrected chi connectivity index (χ1v) is 6.50. The largest absolute Gasteiger partial charge is 0.493 e. The summed E-state index contributed by atoms with van der Waals surface area (Å²) in [7, 11) is 2.57. The molecule has 1 amide bonds. The van der Waals surface area contributed by atoms with Crippen LogP contribution < -0.4 is 20.5 Å². The van der Waals surface area contributed by atoms with E-state index in [0.717, 1.165) is 6.07 Å². The number of nitro groups is 1. The van der Waals surface area contributed by atoms with Crippen molar-refractivity contribution in [1.82, 2.24) is 5.32 Å². The number of nitrogens with zero attached hydrogens (tertiary/aromatic N) is 2. The first-order valence-electron chi connectivity index (χ1n) is 6.50. The number of nitrogens with one attached hydrogen (secondary N) is 1. The smallest absolute Gasteiger partial charge is 0.315 e. The van der Waals surface area contributed by atoms with E-state index in [1.54, 1.807) is 13.0 Å². The molecule has 0 saturated heterocycles. The molecule has 1 aromatic rings. The van der Waals surface area contributed by atoms with Gasteiger partial charge in [-0.05, 0) is 13.0 Å². The predicted molar refractivity (Wildman–Crippen MR) is 81.6 cm³/mol. The van der Waals surface area contributed by atoms with Crippen LogP contribution in [0.25, 0.3) is 5.70 Å². The maximum absolute atomic E-state index is 11.8. The van der Waals surface area contributed by atoms with E-state index in [1.807, 2.05) is 0 Å². The van der Waals surface area contributed by atoms with Gasteiger partial charge in [-0.3, -0.25) is 14.9 Å². The minimum absolute atomic E-state index is 0.0628. The van der Waals surface area contributed by atoms with Gasteiger partial charge in [-0.2, -0.15) is 5.26 Å². The molecule has 9 nitrogen and oxygen atoms in total. The van der Waals surface area contributed by atoms with Crippen molar-refractivity contribution >= 4 is 17.3 Å². The molecule has 0 aliphatic rings. The monoisotopic (exact) mass is 320 g/mol. The highest BCUT2D eigenvalue weighted by molar-refractivity contribution is 6.04. The molecule has 1 rings (SSSR count). The predicted octanol–water partition coefficient (Wildman–Crippen LogP) is 0.941. The minimum atomic E-state index is -0.670. The van der Waals surface area contributed by atoms with Crippen LogP contribution in [0.5, 0.6) is 11.5 Å². The van der Waals surface area contributed by atoms with Gasteiger partial charge < -0.3 is 20.5 Å². The van der Waals surface area contributed by atoms with E-state index in [-0.39, 0.29) is 28.3 Å². The van der Waals surface area contributed by atoms with Crippen LogP contribution in [0.2, 0.25) is 0 Å². The van der Waals surface area contributed by atoms with E-state index in [2.05, 4.69) is 5.32 Å². The molecule has 0 aliphatic carbocycles. The van der Waals surface area contributed by atoms with Gasteiger partial charge in [-0.25, -0.2) is 0 Å². The van der Waals surface area contributed by atoms with Crippen molar-refractivity contribution in [1.29, 1.82) is 5.26 Å². The maximum atomic E-state index is 11.8. The standard InChI is InChI=1S/C14H16N4O5/c1-4-17-14(19)9(7-15)12(16)8-5-10(18(20)21)13(23-3)11(6-8)22-2/h5-6H,4,16H2,1-3H3,(H,17,19)/b12-9-. The molecule has 0 bridgehead atoms. The van der Waals surface area contributed by atoms with E-state index in [9.17, 15) is 14.9 Å². The average molecular weight is 320 g/mol. The zero-order valence-electron chi connectivity index (χ0n) is 12.9. The lowest BCUT2D eigenvalue weighted by Gasteiger charge is -2.11. The van der Waals surface area contributed by atoms with Crippen LogP contribution in [-0.4, -0.2) is 31.6 Å². The van der Waals surface area contributed by atoms with E-state index >= 15 is 0 Å². The number of nitrogens with two attached hydrogens (primary N) is 1. The zero-order chi connectivity index (χ0) is 17.6. The number of ether oxygens (including phenoxy) is 2. The molecule has 0 aliphatic heterocycles. The molecular weight excluding hydrogens is 304 g/mol. The minimum Gasteiger partial charge on any atom is -0.493 e. The fourth-order valence-electron chi connectivity index (χ4n) is 1.86. The van der Waals surface area contributed by atoms with Crippen molar-refractivity contribution in [3.63, 3.8) is 0 Å². The Kier molecular flexibility index (Phi) is 5.91.